The van der Waals surface area contributed by atoms with Crippen LogP contribution in [0, 0.1) is 0 Å². The van der Waals surface area contributed by atoms with Crippen molar-refractivity contribution in [1.82, 2.24) is 0 Å². The molecule has 1 aromatic rings. The molecule has 0 aromatic heterocycles. The van der Waals surface area contributed by atoms with E-state index < -0.39 is 24.1 Å². The van der Waals surface area contributed by atoms with Gasteiger partial charge < -0.3 is 14.6 Å². The van der Waals surface area contributed by atoms with Crippen molar-refractivity contribution < 1.29 is 24.2 Å². The standard InChI is InChI=1S/C16H20O5/c1-12(17)20-11-15(19)16(21-13(2)18)10-6-9-14-7-4-3-5-8-14/h3-8,10,15-16,19H,9,11H2,1-2H3/b10-6+/t15-,16+/m1/s1. The normalized spacial score (nSPS) is 13.7. The molecule has 114 valence electrons. The Morgan fingerprint density at radius 2 is 1.86 bits per heavy atom. The van der Waals surface area contributed by atoms with E-state index in [1.165, 1.54) is 13.8 Å². The van der Waals surface area contributed by atoms with E-state index >= 15 is 0 Å². The number of carbonyl (C=O) groups excluding carboxylic acids is 2. The Hall–Kier alpha value is -2.14. The smallest absolute Gasteiger partial charge is 0.303 e. The van der Waals surface area contributed by atoms with Gasteiger partial charge in [-0.1, -0.05) is 36.4 Å². The highest BCUT2D eigenvalue weighted by molar-refractivity contribution is 5.66. The minimum absolute atomic E-state index is 0.219. The van der Waals surface area contributed by atoms with Gasteiger partial charge in [0.25, 0.3) is 0 Å². The zero-order chi connectivity index (χ0) is 15.7. The summed E-state index contributed by atoms with van der Waals surface area (Å²) in [5.74, 6) is -1.00. The van der Waals surface area contributed by atoms with E-state index in [1.807, 2.05) is 30.3 Å². The minimum Gasteiger partial charge on any atom is -0.463 e. The summed E-state index contributed by atoms with van der Waals surface area (Å²) in [5, 5.41) is 9.90. The van der Waals surface area contributed by atoms with Crippen molar-refractivity contribution in [2.75, 3.05) is 6.61 Å². The summed E-state index contributed by atoms with van der Waals surface area (Å²) < 4.78 is 9.73. The van der Waals surface area contributed by atoms with Gasteiger partial charge in [0.1, 0.15) is 18.8 Å². The maximum atomic E-state index is 11.1. The van der Waals surface area contributed by atoms with Crippen LogP contribution in [0.1, 0.15) is 19.4 Å². The van der Waals surface area contributed by atoms with E-state index in [9.17, 15) is 14.7 Å². The first-order chi connectivity index (χ1) is 9.99. The van der Waals surface area contributed by atoms with Crippen LogP contribution in [-0.2, 0) is 25.5 Å². The number of hydrogen-bond donors (Lipinski definition) is 1. The van der Waals surface area contributed by atoms with Crippen molar-refractivity contribution in [1.29, 1.82) is 0 Å². The summed E-state index contributed by atoms with van der Waals surface area (Å²) in [6.07, 6.45) is 2.12. The van der Waals surface area contributed by atoms with Gasteiger partial charge in [-0.15, -0.1) is 0 Å². The highest BCUT2D eigenvalue weighted by Gasteiger charge is 2.20. The molecule has 0 saturated heterocycles. The van der Waals surface area contributed by atoms with Crippen molar-refractivity contribution in [3.63, 3.8) is 0 Å². The lowest BCUT2D eigenvalue weighted by Gasteiger charge is -2.19. The molecule has 0 bridgehead atoms. The maximum Gasteiger partial charge on any atom is 0.303 e. The monoisotopic (exact) mass is 292 g/mol. The average molecular weight is 292 g/mol. The highest BCUT2D eigenvalue weighted by atomic mass is 16.6. The lowest BCUT2D eigenvalue weighted by molar-refractivity contribution is -0.154. The second-order valence-corrected chi connectivity index (χ2v) is 4.56. The van der Waals surface area contributed by atoms with Crippen molar-refractivity contribution in [2.24, 2.45) is 0 Å². The Bertz CT molecular complexity index is 481. The highest BCUT2D eigenvalue weighted by Crippen LogP contribution is 2.06. The summed E-state index contributed by atoms with van der Waals surface area (Å²) in [5.41, 5.74) is 1.10. The van der Waals surface area contributed by atoms with Crippen LogP contribution in [0.4, 0.5) is 0 Å². The molecule has 0 fully saturated rings. The lowest BCUT2D eigenvalue weighted by Crippen LogP contribution is -2.33. The van der Waals surface area contributed by atoms with E-state index in [-0.39, 0.29) is 6.61 Å². The summed E-state index contributed by atoms with van der Waals surface area (Å²) in [7, 11) is 0. The van der Waals surface area contributed by atoms with Crippen LogP contribution in [0.5, 0.6) is 0 Å². The molecule has 0 unspecified atom stereocenters. The largest absolute Gasteiger partial charge is 0.463 e. The van der Waals surface area contributed by atoms with Crippen LogP contribution in [0.25, 0.3) is 0 Å². The molecule has 1 aromatic carbocycles. The Balaban J connectivity index is 2.59. The molecule has 1 N–H and O–H groups in total. The molecule has 0 heterocycles. The second kappa shape index (κ2) is 8.92. The molecular weight excluding hydrogens is 272 g/mol. The molecule has 2 atom stereocenters. The third-order valence-corrected chi connectivity index (χ3v) is 2.66. The van der Waals surface area contributed by atoms with Gasteiger partial charge in [0.2, 0.25) is 0 Å². The molecule has 5 heteroatoms. The number of hydrogen-bond acceptors (Lipinski definition) is 5. The Kier molecular flexibility index (Phi) is 7.18. The number of allylic oxidation sites excluding steroid dienone is 1. The quantitative estimate of drug-likeness (QED) is 0.611. The number of benzene rings is 1. The lowest BCUT2D eigenvalue weighted by atomic mass is 10.1. The number of carbonyl (C=O) groups is 2. The third kappa shape index (κ3) is 7.27. The molecule has 0 radical (unpaired) electrons. The first kappa shape index (κ1) is 16.9. The van der Waals surface area contributed by atoms with Crippen LogP contribution < -0.4 is 0 Å². The van der Waals surface area contributed by atoms with Gasteiger partial charge >= 0.3 is 11.9 Å². The minimum atomic E-state index is -1.09. The van der Waals surface area contributed by atoms with Gasteiger partial charge in [0, 0.05) is 13.8 Å². The Morgan fingerprint density at radius 3 is 2.43 bits per heavy atom. The summed E-state index contributed by atoms with van der Waals surface area (Å²) >= 11 is 0. The van der Waals surface area contributed by atoms with Crippen LogP contribution in [-0.4, -0.2) is 35.9 Å². The summed E-state index contributed by atoms with van der Waals surface area (Å²) in [4.78, 5) is 21.8. The number of aliphatic hydroxyl groups excluding tert-OH is 1. The van der Waals surface area contributed by atoms with E-state index in [4.69, 9.17) is 9.47 Å². The topological polar surface area (TPSA) is 72.8 Å². The van der Waals surface area contributed by atoms with E-state index in [1.54, 1.807) is 12.2 Å². The van der Waals surface area contributed by atoms with Gasteiger partial charge in [-0.25, -0.2) is 0 Å². The Labute approximate surface area is 124 Å². The number of esters is 2. The predicted octanol–water partition coefficient (Wildman–Crippen LogP) is 1.64. The molecule has 0 saturated carbocycles. The second-order valence-electron chi connectivity index (χ2n) is 4.56. The SMILES string of the molecule is CC(=O)OC[C@@H](O)[C@H](/C=C/Cc1ccccc1)OC(C)=O. The fourth-order valence-corrected chi connectivity index (χ4v) is 1.69. The predicted molar refractivity (Wildman–Crippen MR) is 77.5 cm³/mol. The molecule has 0 aliphatic carbocycles. The van der Waals surface area contributed by atoms with E-state index in [0.29, 0.717) is 6.42 Å². The summed E-state index contributed by atoms with van der Waals surface area (Å²) in [6.45, 7) is 2.29. The molecule has 1 rings (SSSR count). The molecule has 0 aliphatic rings. The summed E-state index contributed by atoms with van der Waals surface area (Å²) in [6, 6.07) is 9.74. The van der Waals surface area contributed by atoms with Gasteiger partial charge in [0.15, 0.2) is 0 Å². The molecule has 0 amide bonds. The molecule has 21 heavy (non-hydrogen) atoms. The van der Waals surface area contributed by atoms with Gasteiger partial charge in [-0.05, 0) is 18.1 Å². The van der Waals surface area contributed by atoms with Gasteiger partial charge in [-0.3, -0.25) is 9.59 Å². The molecule has 5 nitrogen and oxygen atoms in total. The average Bonchev–Trinajstić information content (AvgIpc) is 2.44. The van der Waals surface area contributed by atoms with Crippen LogP contribution >= 0.6 is 0 Å². The van der Waals surface area contributed by atoms with E-state index in [0.717, 1.165) is 5.56 Å². The van der Waals surface area contributed by atoms with E-state index in [2.05, 4.69) is 0 Å². The fourth-order valence-electron chi connectivity index (χ4n) is 1.69. The maximum absolute atomic E-state index is 11.1. The van der Waals surface area contributed by atoms with Crippen molar-refractivity contribution >= 4 is 11.9 Å². The molecule has 0 spiro atoms. The zero-order valence-electron chi connectivity index (χ0n) is 12.2. The van der Waals surface area contributed by atoms with Crippen molar-refractivity contribution in [3.05, 3.63) is 48.0 Å². The first-order valence-electron chi connectivity index (χ1n) is 6.68. The number of rotatable bonds is 7. The van der Waals surface area contributed by atoms with Gasteiger partial charge in [0.05, 0.1) is 0 Å². The van der Waals surface area contributed by atoms with Crippen molar-refractivity contribution in [2.45, 2.75) is 32.5 Å². The van der Waals surface area contributed by atoms with Crippen molar-refractivity contribution in [3.8, 4) is 0 Å². The molecule has 0 aliphatic heterocycles. The van der Waals surface area contributed by atoms with Crippen LogP contribution in [0.15, 0.2) is 42.5 Å². The number of aliphatic hydroxyl groups is 1. The van der Waals surface area contributed by atoms with Crippen LogP contribution in [0.2, 0.25) is 0 Å². The first-order valence-corrected chi connectivity index (χ1v) is 6.68. The van der Waals surface area contributed by atoms with Gasteiger partial charge in [-0.2, -0.15) is 0 Å². The zero-order valence-corrected chi connectivity index (χ0v) is 12.2. The molecular formula is C16H20O5. The Morgan fingerprint density at radius 1 is 1.19 bits per heavy atom. The number of ether oxygens (including phenoxy) is 2. The fraction of sp³-hybridized carbons (Fsp3) is 0.375. The third-order valence-electron chi connectivity index (χ3n) is 2.66. The van der Waals surface area contributed by atoms with Crippen LogP contribution in [0.3, 0.4) is 0 Å².